The van der Waals surface area contributed by atoms with E-state index in [1.54, 1.807) is 6.07 Å². The van der Waals surface area contributed by atoms with Crippen LogP contribution in [0.3, 0.4) is 0 Å². The first-order chi connectivity index (χ1) is 14.4. The summed E-state index contributed by atoms with van der Waals surface area (Å²) in [5, 5.41) is 3.01. The van der Waals surface area contributed by atoms with Crippen molar-refractivity contribution in [1.29, 1.82) is 0 Å². The summed E-state index contributed by atoms with van der Waals surface area (Å²) < 4.78 is 33.0. The quantitative estimate of drug-likeness (QED) is 0.646. The Hall–Kier alpha value is -2.20. The number of amides is 1. The number of hydrogen-bond donors (Lipinski definition) is 3. The zero-order valence-corrected chi connectivity index (χ0v) is 17.8. The van der Waals surface area contributed by atoms with Crippen LogP contribution in [0.4, 0.5) is 0 Å². The minimum atomic E-state index is -3.70. The molecule has 8 nitrogen and oxygen atoms in total. The van der Waals surface area contributed by atoms with Crippen molar-refractivity contribution in [2.75, 3.05) is 19.6 Å². The molecule has 9 heteroatoms. The Kier molecular flexibility index (Phi) is 6.24. The maximum Gasteiger partial charge on any atom is 0.276 e. The molecule has 0 bridgehead atoms. The van der Waals surface area contributed by atoms with Crippen LogP contribution >= 0.6 is 0 Å². The van der Waals surface area contributed by atoms with Crippen LogP contribution < -0.4 is 16.2 Å². The molecule has 0 radical (unpaired) electrons. The highest BCUT2D eigenvalue weighted by Gasteiger charge is 2.34. The third kappa shape index (κ3) is 4.44. The summed E-state index contributed by atoms with van der Waals surface area (Å²) >= 11 is 0. The smallest absolute Gasteiger partial charge is 0.276 e. The maximum atomic E-state index is 13.0. The highest BCUT2D eigenvalue weighted by molar-refractivity contribution is 7.89. The normalized spacial score (nSPS) is 22.1. The lowest BCUT2D eigenvalue weighted by atomic mass is 9.96. The van der Waals surface area contributed by atoms with Gasteiger partial charge in [0.05, 0.1) is 12.1 Å². The second-order valence-electron chi connectivity index (χ2n) is 7.89. The van der Waals surface area contributed by atoms with Gasteiger partial charge in [0.25, 0.3) is 10.0 Å². The number of nitrogens with zero attached hydrogens (tertiary/aromatic N) is 1. The van der Waals surface area contributed by atoms with Crippen molar-refractivity contribution in [3.8, 4) is 0 Å². The Morgan fingerprint density at radius 3 is 2.53 bits per heavy atom. The Balaban J connectivity index is 1.34. The van der Waals surface area contributed by atoms with Crippen LogP contribution in [0.25, 0.3) is 0 Å². The predicted molar refractivity (Wildman–Crippen MR) is 112 cm³/mol. The molecule has 0 saturated carbocycles. The predicted octanol–water partition coefficient (Wildman–Crippen LogP) is 2.10. The minimum Gasteiger partial charge on any atom is -0.447 e. The van der Waals surface area contributed by atoms with E-state index in [-0.39, 0.29) is 29.0 Å². The van der Waals surface area contributed by atoms with E-state index in [0.29, 0.717) is 31.7 Å². The molecule has 2 unspecified atom stereocenters. The summed E-state index contributed by atoms with van der Waals surface area (Å²) in [7, 11) is -3.70. The number of benzene rings is 1. The third-order valence-electron chi connectivity index (χ3n) is 5.86. The van der Waals surface area contributed by atoms with Gasteiger partial charge in [-0.15, -0.1) is 0 Å². The van der Waals surface area contributed by atoms with Crippen molar-refractivity contribution in [2.45, 2.75) is 43.4 Å². The standard InChI is InChI=1S/C21H28N4O4S/c1-15(16-5-3-2-4-6-16)23-21(26)17-10-13-25(14-11-17)30(27,28)20-8-7-19(29-20)18-9-12-22-24-18/h2-8,15,17-18,22,24H,9-14H2,1H3,(H,23,26). The Morgan fingerprint density at radius 2 is 1.87 bits per heavy atom. The van der Waals surface area contributed by atoms with Gasteiger partial charge in [-0.1, -0.05) is 30.3 Å². The highest BCUT2D eigenvalue weighted by Crippen LogP contribution is 2.28. The third-order valence-corrected chi connectivity index (χ3v) is 7.63. The second kappa shape index (κ2) is 8.89. The molecule has 2 atom stereocenters. The summed E-state index contributed by atoms with van der Waals surface area (Å²) in [4.78, 5) is 12.6. The molecule has 30 heavy (non-hydrogen) atoms. The van der Waals surface area contributed by atoms with Crippen LogP contribution in [0.1, 0.15) is 49.6 Å². The fourth-order valence-corrected chi connectivity index (χ4v) is 5.39. The number of nitrogens with one attached hydrogen (secondary N) is 3. The molecule has 2 aliphatic rings. The Morgan fingerprint density at radius 1 is 1.13 bits per heavy atom. The molecule has 2 aliphatic heterocycles. The van der Waals surface area contributed by atoms with E-state index in [1.807, 2.05) is 37.3 Å². The van der Waals surface area contributed by atoms with E-state index in [9.17, 15) is 13.2 Å². The summed E-state index contributed by atoms with van der Waals surface area (Å²) in [6.45, 7) is 3.38. The Labute approximate surface area is 177 Å². The van der Waals surface area contributed by atoms with Crippen LogP contribution in [0.2, 0.25) is 0 Å². The van der Waals surface area contributed by atoms with Crippen molar-refractivity contribution in [1.82, 2.24) is 20.5 Å². The zero-order valence-electron chi connectivity index (χ0n) is 17.0. The second-order valence-corrected chi connectivity index (χ2v) is 9.76. The number of hydrogen-bond acceptors (Lipinski definition) is 6. The average molecular weight is 433 g/mol. The highest BCUT2D eigenvalue weighted by atomic mass is 32.2. The van der Waals surface area contributed by atoms with Gasteiger partial charge in [0.2, 0.25) is 11.0 Å². The lowest BCUT2D eigenvalue weighted by Gasteiger charge is -2.30. The van der Waals surface area contributed by atoms with Gasteiger partial charge in [0.1, 0.15) is 5.76 Å². The molecule has 0 spiro atoms. The van der Waals surface area contributed by atoms with Crippen LogP contribution in [-0.4, -0.2) is 38.3 Å². The van der Waals surface area contributed by atoms with Gasteiger partial charge in [0.15, 0.2) is 0 Å². The Bertz CT molecular complexity index is 962. The molecule has 1 aromatic heterocycles. The van der Waals surface area contributed by atoms with E-state index >= 15 is 0 Å². The largest absolute Gasteiger partial charge is 0.447 e. The first kappa shape index (κ1) is 21.0. The lowest BCUT2D eigenvalue weighted by molar-refractivity contribution is -0.126. The van der Waals surface area contributed by atoms with Crippen LogP contribution in [-0.2, 0) is 14.8 Å². The minimum absolute atomic E-state index is 0.0185. The molecule has 0 aliphatic carbocycles. The van der Waals surface area contributed by atoms with Crippen molar-refractivity contribution < 1.29 is 17.6 Å². The number of rotatable bonds is 6. The molecule has 1 amide bonds. The monoisotopic (exact) mass is 432 g/mol. The SMILES string of the molecule is CC(NC(=O)C1CCN(S(=O)(=O)c2ccc(C3CCNN3)o2)CC1)c1ccccc1. The fourth-order valence-electron chi connectivity index (χ4n) is 4.00. The van der Waals surface area contributed by atoms with Gasteiger partial charge in [-0.25, -0.2) is 13.8 Å². The molecule has 3 heterocycles. The van der Waals surface area contributed by atoms with Crippen LogP contribution in [0.15, 0.2) is 52.0 Å². The van der Waals surface area contributed by atoms with Gasteiger partial charge in [-0.3, -0.25) is 10.2 Å². The molecular formula is C21H28N4O4S. The number of sulfonamides is 1. The first-order valence-electron chi connectivity index (χ1n) is 10.4. The van der Waals surface area contributed by atoms with Crippen molar-refractivity contribution in [3.05, 3.63) is 53.8 Å². The fraction of sp³-hybridized carbons (Fsp3) is 0.476. The maximum absolute atomic E-state index is 13.0. The van der Waals surface area contributed by atoms with Gasteiger partial charge < -0.3 is 9.73 Å². The number of furan rings is 1. The van der Waals surface area contributed by atoms with Crippen LogP contribution in [0.5, 0.6) is 0 Å². The number of piperidine rings is 1. The lowest BCUT2D eigenvalue weighted by Crippen LogP contribution is -2.43. The van der Waals surface area contributed by atoms with Gasteiger partial charge in [-0.2, -0.15) is 4.31 Å². The van der Waals surface area contributed by atoms with Crippen molar-refractivity contribution in [2.24, 2.45) is 5.92 Å². The van der Waals surface area contributed by atoms with Crippen LogP contribution in [0, 0.1) is 5.92 Å². The van der Waals surface area contributed by atoms with Gasteiger partial charge in [0, 0.05) is 25.6 Å². The first-order valence-corrected chi connectivity index (χ1v) is 11.8. The summed E-state index contributed by atoms with van der Waals surface area (Å²) in [5.74, 6) is 0.398. The summed E-state index contributed by atoms with van der Waals surface area (Å²) in [6.07, 6.45) is 1.83. The van der Waals surface area contributed by atoms with E-state index < -0.39 is 10.0 Å². The molecular weight excluding hydrogens is 404 g/mol. The molecule has 4 rings (SSSR count). The van der Waals surface area contributed by atoms with Gasteiger partial charge in [-0.05, 0) is 43.9 Å². The number of carbonyl (C=O) groups excluding carboxylic acids is 1. The number of carbonyl (C=O) groups is 1. The molecule has 2 aromatic rings. The van der Waals surface area contributed by atoms with E-state index in [4.69, 9.17) is 4.42 Å². The summed E-state index contributed by atoms with van der Waals surface area (Å²) in [5.41, 5.74) is 7.13. The topological polar surface area (TPSA) is 104 Å². The summed E-state index contributed by atoms with van der Waals surface area (Å²) in [6, 6.07) is 12.9. The molecule has 162 valence electrons. The average Bonchev–Trinajstić information content (AvgIpc) is 3.46. The molecule has 3 N–H and O–H groups in total. The van der Waals surface area contributed by atoms with Crippen molar-refractivity contribution >= 4 is 15.9 Å². The van der Waals surface area contributed by atoms with E-state index in [0.717, 1.165) is 18.5 Å². The van der Waals surface area contributed by atoms with E-state index in [2.05, 4.69) is 16.2 Å². The molecule has 2 saturated heterocycles. The molecule has 2 fully saturated rings. The number of hydrazine groups is 1. The van der Waals surface area contributed by atoms with Crippen molar-refractivity contribution in [3.63, 3.8) is 0 Å². The molecule has 1 aromatic carbocycles. The zero-order chi connectivity index (χ0) is 21.1. The van der Waals surface area contributed by atoms with E-state index in [1.165, 1.54) is 10.4 Å². The van der Waals surface area contributed by atoms with Gasteiger partial charge >= 0.3 is 0 Å².